The molecule has 0 bridgehead atoms. The summed E-state index contributed by atoms with van der Waals surface area (Å²) in [5, 5.41) is 8.11. The van der Waals surface area contributed by atoms with E-state index in [0.717, 1.165) is 26.2 Å². The lowest BCUT2D eigenvalue weighted by Crippen LogP contribution is -2.46. The molecular formula is C13H20N6O. The van der Waals surface area contributed by atoms with Gasteiger partial charge in [0, 0.05) is 39.4 Å². The van der Waals surface area contributed by atoms with E-state index >= 15 is 0 Å². The van der Waals surface area contributed by atoms with Crippen molar-refractivity contribution >= 4 is 0 Å². The monoisotopic (exact) mass is 276 g/mol. The quantitative estimate of drug-likeness (QED) is 0.818. The van der Waals surface area contributed by atoms with Gasteiger partial charge in [-0.25, -0.2) is 0 Å². The highest BCUT2D eigenvalue weighted by Crippen LogP contribution is 2.23. The number of aryl methyl sites for hydroxylation is 2. The van der Waals surface area contributed by atoms with Crippen LogP contribution >= 0.6 is 0 Å². The minimum atomic E-state index is 0.165. The largest absolute Gasteiger partial charge is 0.338 e. The molecule has 7 heteroatoms. The molecule has 1 aliphatic rings. The summed E-state index contributed by atoms with van der Waals surface area (Å²) in [5.74, 6) is 1.40. The van der Waals surface area contributed by atoms with E-state index in [-0.39, 0.29) is 6.04 Å². The van der Waals surface area contributed by atoms with Crippen LogP contribution in [0.4, 0.5) is 0 Å². The van der Waals surface area contributed by atoms with E-state index in [0.29, 0.717) is 11.7 Å². The maximum Gasteiger partial charge on any atom is 0.245 e. The van der Waals surface area contributed by atoms with Gasteiger partial charge in [-0.15, -0.1) is 0 Å². The van der Waals surface area contributed by atoms with Crippen molar-refractivity contribution in [1.82, 2.24) is 29.7 Å². The first-order chi connectivity index (χ1) is 9.63. The number of piperazine rings is 1. The Morgan fingerprint density at radius 3 is 2.85 bits per heavy atom. The number of aromatic nitrogens is 4. The van der Waals surface area contributed by atoms with Gasteiger partial charge in [0.2, 0.25) is 5.89 Å². The molecular weight excluding hydrogens is 256 g/mol. The molecule has 0 aliphatic carbocycles. The molecule has 2 aromatic rings. The first-order valence-corrected chi connectivity index (χ1v) is 6.83. The minimum absolute atomic E-state index is 0.165. The van der Waals surface area contributed by atoms with Gasteiger partial charge in [-0.1, -0.05) is 5.16 Å². The molecule has 0 amide bonds. The molecule has 20 heavy (non-hydrogen) atoms. The molecule has 1 saturated heterocycles. The molecule has 0 N–H and O–H groups in total. The van der Waals surface area contributed by atoms with Gasteiger partial charge in [0.25, 0.3) is 0 Å². The molecule has 0 aromatic carbocycles. The summed E-state index contributed by atoms with van der Waals surface area (Å²) in [5.41, 5.74) is 1.22. The van der Waals surface area contributed by atoms with Crippen LogP contribution in [0.15, 0.2) is 16.8 Å². The lowest BCUT2D eigenvalue weighted by Gasteiger charge is -2.37. The van der Waals surface area contributed by atoms with E-state index in [9.17, 15) is 0 Å². The van der Waals surface area contributed by atoms with Crippen LogP contribution in [-0.4, -0.2) is 56.4 Å². The summed E-state index contributed by atoms with van der Waals surface area (Å²) in [6.45, 7) is 5.66. The molecule has 7 nitrogen and oxygen atoms in total. The van der Waals surface area contributed by atoms with Crippen LogP contribution in [0.25, 0.3) is 0 Å². The summed E-state index contributed by atoms with van der Waals surface area (Å²) in [6.07, 6.45) is 1.84. The lowest BCUT2D eigenvalue weighted by atomic mass is 10.1. The first kappa shape index (κ1) is 13.3. The number of hydrogen-bond donors (Lipinski definition) is 0. The Kier molecular flexibility index (Phi) is 3.54. The second-order valence-corrected chi connectivity index (χ2v) is 5.36. The topological polar surface area (TPSA) is 63.2 Å². The number of rotatable bonds is 3. The number of nitrogens with zero attached hydrogens (tertiary/aromatic N) is 6. The van der Waals surface area contributed by atoms with E-state index in [4.69, 9.17) is 4.52 Å². The number of hydrogen-bond acceptors (Lipinski definition) is 6. The molecule has 1 atom stereocenters. The van der Waals surface area contributed by atoms with Crippen LogP contribution in [0, 0.1) is 6.92 Å². The molecule has 1 fully saturated rings. The van der Waals surface area contributed by atoms with E-state index < -0.39 is 0 Å². The summed E-state index contributed by atoms with van der Waals surface area (Å²) in [6, 6.07) is 2.22. The summed E-state index contributed by atoms with van der Waals surface area (Å²) < 4.78 is 7.26. The second-order valence-electron chi connectivity index (χ2n) is 5.36. The summed E-state index contributed by atoms with van der Waals surface area (Å²) in [7, 11) is 4.08. The molecule has 0 saturated carbocycles. The highest BCUT2D eigenvalue weighted by molar-refractivity contribution is 5.02. The predicted molar refractivity (Wildman–Crippen MR) is 72.9 cm³/mol. The highest BCUT2D eigenvalue weighted by atomic mass is 16.5. The summed E-state index contributed by atoms with van der Waals surface area (Å²) >= 11 is 0. The number of likely N-dealkylation sites (N-methyl/N-ethyl adjacent to an activating group) is 1. The van der Waals surface area contributed by atoms with Crippen LogP contribution < -0.4 is 0 Å². The lowest BCUT2D eigenvalue weighted by molar-refractivity contribution is 0.0700. The van der Waals surface area contributed by atoms with Gasteiger partial charge in [-0.3, -0.25) is 14.5 Å². The normalized spacial score (nSPS) is 21.4. The fraction of sp³-hybridized carbons (Fsp3) is 0.615. The maximum atomic E-state index is 5.33. The molecule has 2 aromatic heterocycles. The Morgan fingerprint density at radius 1 is 1.35 bits per heavy atom. The molecule has 108 valence electrons. The van der Waals surface area contributed by atoms with Gasteiger partial charge < -0.3 is 4.52 Å². The molecule has 0 spiro atoms. The van der Waals surface area contributed by atoms with Crippen molar-refractivity contribution in [3.05, 3.63) is 29.7 Å². The molecule has 3 heterocycles. The van der Waals surface area contributed by atoms with Gasteiger partial charge in [-0.2, -0.15) is 10.1 Å². The Morgan fingerprint density at radius 2 is 2.20 bits per heavy atom. The third-order valence-electron chi connectivity index (χ3n) is 3.87. The Balaban J connectivity index is 1.71. The van der Waals surface area contributed by atoms with Crippen LogP contribution in [-0.2, 0) is 13.6 Å². The van der Waals surface area contributed by atoms with Crippen LogP contribution in [0.1, 0.15) is 23.5 Å². The Hall–Kier alpha value is -1.73. The van der Waals surface area contributed by atoms with Gasteiger partial charge in [0.1, 0.15) is 6.04 Å². The second kappa shape index (κ2) is 5.34. The van der Waals surface area contributed by atoms with Gasteiger partial charge >= 0.3 is 0 Å². The zero-order valence-electron chi connectivity index (χ0n) is 12.2. The van der Waals surface area contributed by atoms with Crippen molar-refractivity contribution in [2.75, 3.05) is 26.7 Å². The van der Waals surface area contributed by atoms with Crippen molar-refractivity contribution in [2.24, 2.45) is 7.05 Å². The maximum absolute atomic E-state index is 5.33. The van der Waals surface area contributed by atoms with E-state index in [1.54, 1.807) is 0 Å². The fourth-order valence-corrected chi connectivity index (χ4v) is 2.57. The molecule has 1 aliphatic heterocycles. The zero-order valence-corrected chi connectivity index (χ0v) is 12.2. The molecule has 0 radical (unpaired) electrons. The smallest absolute Gasteiger partial charge is 0.245 e. The first-order valence-electron chi connectivity index (χ1n) is 6.83. The molecule has 1 unspecified atom stereocenters. The van der Waals surface area contributed by atoms with Crippen molar-refractivity contribution in [3.8, 4) is 0 Å². The zero-order chi connectivity index (χ0) is 14.1. The van der Waals surface area contributed by atoms with E-state index in [1.807, 2.05) is 24.9 Å². The Bertz CT molecular complexity index is 577. The van der Waals surface area contributed by atoms with Crippen molar-refractivity contribution in [3.63, 3.8) is 0 Å². The average Bonchev–Trinajstić information content (AvgIpc) is 3.02. The predicted octanol–water partition coefficient (Wildman–Crippen LogP) is 0.600. The third-order valence-corrected chi connectivity index (χ3v) is 3.87. The van der Waals surface area contributed by atoms with E-state index in [2.05, 4.69) is 38.2 Å². The van der Waals surface area contributed by atoms with Crippen molar-refractivity contribution in [2.45, 2.75) is 19.5 Å². The minimum Gasteiger partial charge on any atom is -0.338 e. The highest BCUT2D eigenvalue weighted by Gasteiger charge is 2.30. The third kappa shape index (κ3) is 2.59. The van der Waals surface area contributed by atoms with Gasteiger partial charge in [-0.05, 0) is 20.0 Å². The average molecular weight is 276 g/mol. The fourth-order valence-electron chi connectivity index (χ4n) is 2.57. The molecule has 3 rings (SSSR count). The summed E-state index contributed by atoms with van der Waals surface area (Å²) in [4.78, 5) is 9.04. The van der Waals surface area contributed by atoms with Crippen LogP contribution in [0.5, 0.6) is 0 Å². The Labute approximate surface area is 118 Å². The van der Waals surface area contributed by atoms with Crippen LogP contribution in [0.2, 0.25) is 0 Å². The standard InChI is InChI=1S/C13H20N6O/c1-10-15-13(20-16-10)12-9-19(7-6-17(12)2)8-11-4-5-14-18(11)3/h4-5,12H,6-9H2,1-3H3. The van der Waals surface area contributed by atoms with Gasteiger partial charge in [0.15, 0.2) is 5.82 Å². The van der Waals surface area contributed by atoms with E-state index in [1.165, 1.54) is 5.69 Å². The SMILES string of the molecule is Cc1noc(C2CN(Cc3ccnn3C)CCN2C)n1. The van der Waals surface area contributed by atoms with Crippen molar-refractivity contribution < 1.29 is 4.52 Å². The van der Waals surface area contributed by atoms with Crippen LogP contribution in [0.3, 0.4) is 0 Å². The van der Waals surface area contributed by atoms with Crippen molar-refractivity contribution in [1.29, 1.82) is 0 Å². The van der Waals surface area contributed by atoms with Gasteiger partial charge in [0.05, 0.1) is 5.69 Å².